The van der Waals surface area contributed by atoms with Crippen LogP contribution in [0.3, 0.4) is 0 Å². The number of hydrogen-bond acceptors (Lipinski definition) is 5. The lowest BCUT2D eigenvalue weighted by Gasteiger charge is -2.28. The molecule has 1 aliphatic heterocycles. The molecule has 2 heterocycles. The number of amides is 2. The highest BCUT2D eigenvalue weighted by atomic mass is 16.5. The van der Waals surface area contributed by atoms with E-state index in [9.17, 15) is 14.4 Å². The second kappa shape index (κ2) is 7.16. The molecule has 4 rings (SSSR count). The summed E-state index contributed by atoms with van der Waals surface area (Å²) >= 11 is 0. The zero-order valence-electron chi connectivity index (χ0n) is 16.4. The summed E-state index contributed by atoms with van der Waals surface area (Å²) in [5.74, 6) is -1.39. The summed E-state index contributed by atoms with van der Waals surface area (Å²) in [4.78, 5) is 47.2. The third-order valence-electron chi connectivity index (χ3n) is 5.06. The number of hydrogen-bond donors (Lipinski definition) is 1. The van der Waals surface area contributed by atoms with Gasteiger partial charge in [-0.1, -0.05) is 38.1 Å². The van der Waals surface area contributed by atoms with Gasteiger partial charge in [-0.15, -0.1) is 0 Å². The first-order chi connectivity index (χ1) is 13.9. The first-order valence-electron chi connectivity index (χ1n) is 9.50. The molecule has 3 aromatic rings. The Balaban J connectivity index is 1.58. The molecule has 0 unspecified atom stereocenters. The van der Waals surface area contributed by atoms with Crippen molar-refractivity contribution in [3.05, 3.63) is 65.5 Å². The van der Waals surface area contributed by atoms with Gasteiger partial charge in [0.2, 0.25) is 0 Å². The van der Waals surface area contributed by atoms with Crippen molar-refractivity contribution in [2.75, 3.05) is 0 Å². The molecule has 1 N–H and O–H groups in total. The van der Waals surface area contributed by atoms with Crippen LogP contribution >= 0.6 is 0 Å². The van der Waals surface area contributed by atoms with Crippen LogP contribution in [0.25, 0.3) is 11.0 Å². The smallest absolute Gasteiger partial charge is 0.330 e. The monoisotopic (exact) mass is 391 g/mol. The highest BCUT2D eigenvalue weighted by molar-refractivity contribution is 6.22. The van der Waals surface area contributed by atoms with Crippen molar-refractivity contribution in [1.82, 2.24) is 14.9 Å². The Hall–Kier alpha value is -3.48. The van der Waals surface area contributed by atoms with Gasteiger partial charge in [-0.05, 0) is 37.1 Å². The van der Waals surface area contributed by atoms with Gasteiger partial charge in [0.25, 0.3) is 11.8 Å². The lowest BCUT2D eigenvalue weighted by molar-refractivity contribution is -0.155. The number of rotatable bonds is 5. The highest BCUT2D eigenvalue weighted by Gasteiger charge is 2.45. The van der Waals surface area contributed by atoms with Crippen LogP contribution in [0.15, 0.2) is 48.5 Å². The van der Waals surface area contributed by atoms with Gasteiger partial charge in [-0.2, -0.15) is 0 Å². The minimum Gasteiger partial charge on any atom is -0.453 e. The third-order valence-corrected chi connectivity index (χ3v) is 5.06. The Kier molecular flexibility index (Phi) is 4.66. The number of esters is 1. The molecular formula is C22H21N3O4. The zero-order valence-corrected chi connectivity index (χ0v) is 16.4. The van der Waals surface area contributed by atoms with Crippen molar-refractivity contribution in [1.29, 1.82) is 0 Å². The van der Waals surface area contributed by atoms with E-state index in [0.29, 0.717) is 17.0 Å². The van der Waals surface area contributed by atoms with Crippen LogP contribution in [0.4, 0.5) is 0 Å². The van der Waals surface area contributed by atoms with Crippen molar-refractivity contribution >= 4 is 28.8 Å². The second-order valence-corrected chi connectivity index (χ2v) is 7.43. The minimum absolute atomic E-state index is 0.307. The summed E-state index contributed by atoms with van der Waals surface area (Å²) in [6.07, 6.45) is -0.661. The Bertz CT molecular complexity index is 1050. The number of ether oxygens (including phenoxy) is 1. The van der Waals surface area contributed by atoms with E-state index in [1.807, 2.05) is 24.3 Å². The molecule has 2 aromatic carbocycles. The maximum absolute atomic E-state index is 13.0. The van der Waals surface area contributed by atoms with Crippen LogP contribution in [-0.2, 0) is 9.53 Å². The Morgan fingerprint density at radius 1 is 0.966 bits per heavy atom. The Morgan fingerprint density at radius 2 is 1.55 bits per heavy atom. The van der Waals surface area contributed by atoms with Gasteiger partial charge in [0, 0.05) is 0 Å². The number of aromatic amines is 1. The molecule has 0 spiro atoms. The van der Waals surface area contributed by atoms with E-state index in [1.165, 1.54) is 0 Å². The van der Waals surface area contributed by atoms with Crippen molar-refractivity contribution in [2.45, 2.75) is 32.9 Å². The number of nitrogens with one attached hydrogen (secondary N) is 1. The maximum atomic E-state index is 13.0. The van der Waals surface area contributed by atoms with Crippen molar-refractivity contribution < 1.29 is 19.1 Å². The van der Waals surface area contributed by atoms with Crippen LogP contribution in [0.5, 0.6) is 0 Å². The maximum Gasteiger partial charge on any atom is 0.330 e. The largest absolute Gasteiger partial charge is 0.453 e. The zero-order chi connectivity index (χ0) is 20.7. The number of para-hydroxylation sites is 2. The predicted octanol–water partition coefficient (Wildman–Crippen LogP) is 3.49. The van der Waals surface area contributed by atoms with Crippen LogP contribution < -0.4 is 0 Å². The standard InChI is InChI=1S/C22H21N3O4/c1-12(2)18(25-20(26)14-8-4-5-9-15(14)21(25)27)22(28)29-13(3)19-23-16-10-6-7-11-17(16)24-19/h4-13,18H,1-3H3,(H,23,24)/t13-,18-/m1/s1. The van der Waals surface area contributed by atoms with Gasteiger partial charge >= 0.3 is 5.97 Å². The molecular weight excluding hydrogens is 370 g/mol. The Labute approximate surface area is 167 Å². The molecule has 0 saturated heterocycles. The number of aromatic nitrogens is 2. The summed E-state index contributed by atoms with van der Waals surface area (Å²) in [6, 6.07) is 13.1. The van der Waals surface area contributed by atoms with Crippen molar-refractivity contribution in [3.63, 3.8) is 0 Å². The van der Waals surface area contributed by atoms with E-state index in [1.54, 1.807) is 45.0 Å². The van der Waals surface area contributed by atoms with Gasteiger partial charge in [0.05, 0.1) is 22.2 Å². The van der Waals surface area contributed by atoms with Crippen molar-refractivity contribution in [3.8, 4) is 0 Å². The number of benzene rings is 2. The number of nitrogens with zero attached hydrogens (tertiary/aromatic N) is 2. The molecule has 2 amide bonds. The number of carbonyl (C=O) groups is 3. The second-order valence-electron chi connectivity index (χ2n) is 7.43. The topological polar surface area (TPSA) is 92.4 Å². The summed E-state index contributed by atoms with van der Waals surface area (Å²) in [5, 5.41) is 0. The summed E-state index contributed by atoms with van der Waals surface area (Å²) in [7, 11) is 0. The van der Waals surface area contributed by atoms with Gasteiger partial charge < -0.3 is 9.72 Å². The van der Waals surface area contributed by atoms with Crippen LogP contribution in [0.2, 0.25) is 0 Å². The summed E-state index contributed by atoms with van der Waals surface area (Å²) in [6.45, 7) is 5.26. The molecule has 0 saturated carbocycles. The number of imide groups is 1. The summed E-state index contributed by atoms with van der Waals surface area (Å²) < 4.78 is 5.62. The van der Waals surface area contributed by atoms with E-state index >= 15 is 0 Å². The average molecular weight is 391 g/mol. The highest BCUT2D eigenvalue weighted by Crippen LogP contribution is 2.29. The molecule has 1 aliphatic rings. The van der Waals surface area contributed by atoms with E-state index < -0.39 is 29.9 Å². The van der Waals surface area contributed by atoms with Gasteiger partial charge in [0.1, 0.15) is 11.9 Å². The number of carbonyl (C=O) groups excluding carboxylic acids is 3. The lowest BCUT2D eigenvalue weighted by atomic mass is 10.0. The Morgan fingerprint density at radius 3 is 2.14 bits per heavy atom. The number of fused-ring (bicyclic) bond motifs is 2. The molecule has 2 atom stereocenters. The fourth-order valence-corrected chi connectivity index (χ4v) is 3.60. The molecule has 0 radical (unpaired) electrons. The van der Waals surface area contributed by atoms with Crippen molar-refractivity contribution in [2.24, 2.45) is 5.92 Å². The average Bonchev–Trinajstić information content (AvgIpc) is 3.24. The molecule has 0 fully saturated rings. The third kappa shape index (κ3) is 3.18. The van der Waals surface area contributed by atoms with Crippen LogP contribution in [-0.4, -0.2) is 38.7 Å². The minimum atomic E-state index is -1.02. The molecule has 1 aromatic heterocycles. The SMILES string of the molecule is CC(C)[C@H](C(=O)O[C@H](C)c1nc2ccccc2[nH]1)N1C(=O)c2ccccc2C1=O. The van der Waals surface area contributed by atoms with E-state index in [-0.39, 0.29) is 5.92 Å². The quantitative estimate of drug-likeness (QED) is 0.531. The first-order valence-corrected chi connectivity index (χ1v) is 9.50. The number of imidazole rings is 1. The normalized spacial score (nSPS) is 15.7. The molecule has 29 heavy (non-hydrogen) atoms. The van der Waals surface area contributed by atoms with Crippen LogP contribution in [0.1, 0.15) is 53.4 Å². The fourth-order valence-electron chi connectivity index (χ4n) is 3.60. The predicted molar refractivity (Wildman–Crippen MR) is 106 cm³/mol. The fraction of sp³-hybridized carbons (Fsp3) is 0.273. The molecule has 7 nitrogen and oxygen atoms in total. The van der Waals surface area contributed by atoms with Gasteiger partial charge in [0.15, 0.2) is 6.10 Å². The van der Waals surface area contributed by atoms with Gasteiger partial charge in [-0.3, -0.25) is 14.5 Å². The molecule has 0 bridgehead atoms. The van der Waals surface area contributed by atoms with Crippen LogP contribution in [0, 0.1) is 5.92 Å². The first kappa shape index (κ1) is 18.9. The summed E-state index contributed by atoms with van der Waals surface area (Å²) in [5.41, 5.74) is 2.22. The molecule has 0 aliphatic carbocycles. The van der Waals surface area contributed by atoms with E-state index in [4.69, 9.17) is 4.74 Å². The molecule has 148 valence electrons. The van der Waals surface area contributed by atoms with E-state index in [0.717, 1.165) is 15.9 Å². The number of H-pyrrole nitrogens is 1. The van der Waals surface area contributed by atoms with E-state index in [2.05, 4.69) is 9.97 Å². The molecule has 7 heteroatoms. The van der Waals surface area contributed by atoms with Gasteiger partial charge in [-0.25, -0.2) is 9.78 Å². The lowest BCUT2D eigenvalue weighted by Crippen LogP contribution is -2.48.